The zero-order valence-electron chi connectivity index (χ0n) is 11.3. The van der Waals surface area contributed by atoms with Crippen LogP contribution in [0.1, 0.15) is 29.5 Å². The van der Waals surface area contributed by atoms with Crippen LogP contribution in [-0.2, 0) is 0 Å². The molecule has 2 nitrogen and oxygen atoms in total. The molecule has 21 heavy (non-hydrogen) atoms. The minimum Gasteiger partial charge on any atom is -0.375 e. The van der Waals surface area contributed by atoms with Crippen molar-refractivity contribution in [3.63, 3.8) is 0 Å². The molecule has 4 heteroatoms. The van der Waals surface area contributed by atoms with E-state index in [0.29, 0.717) is 5.69 Å². The lowest BCUT2D eigenvalue weighted by Gasteiger charge is -2.37. The summed E-state index contributed by atoms with van der Waals surface area (Å²) in [7, 11) is 0. The van der Waals surface area contributed by atoms with Gasteiger partial charge in [-0.25, -0.2) is 8.78 Å². The maximum atomic E-state index is 14.1. The summed E-state index contributed by atoms with van der Waals surface area (Å²) in [5, 5.41) is 3.27. The van der Waals surface area contributed by atoms with E-state index in [2.05, 4.69) is 22.5 Å². The second-order valence-electron chi connectivity index (χ2n) is 5.61. The Morgan fingerprint density at radius 3 is 2.76 bits per heavy atom. The van der Waals surface area contributed by atoms with E-state index in [1.807, 2.05) is 12.1 Å². The summed E-state index contributed by atoms with van der Waals surface area (Å²) in [6.45, 7) is 0. The summed E-state index contributed by atoms with van der Waals surface area (Å²) in [5.74, 6) is -0.706. The summed E-state index contributed by atoms with van der Waals surface area (Å²) in [6, 6.07) is 6.29. The monoisotopic (exact) mass is 284 g/mol. The van der Waals surface area contributed by atoms with Crippen molar-refractivity contribution in [3.8, 4) is 0 Å². The Kier molecular flexibility index (Phi) is 2.77. The molecule has 1 N–H and O–H groups in total. The number of anilines is 1. The topological polar surface area (TPSA) is 24.9 Å². The summed E-state index contributed by atoms with van der Waals surface area (Å²) in [4.78, 5) is 4.03. The van der Waals surface area contributed by atoms with Crippen molar-refractivity contribution < 1.29 is 8.78 Å². The van der Waals surface area contributed by atoms with E-state index in [1.54, 1.807) is 12.4 Å². The zero-order valence-corrected chi connectivity index (χ0v) is 11.3. The van der Waals surface area contributed by atoms with Crippen LogP contribution in [0.3, 0.4) is 0 Å². The second-order valence-corrected chi connectivity index (χ2v) is 5.61. The number of halogens is 2. The molecule has 3 unspecified atom stereocenters. The fraction of sp³-hybridized carbons (Fsp3) is 0.235. The molecule has 1 aliphatic carbocycles. The number of nitrogens with zero attached hydrogens (tertiary/aromatic N) is 1. The van der Waals surface area contributed by atoms with Gasteiger partial charge in [-0.1, -0.05) is 12.2 Å². The van der Waals surface area contributed by atoms with Gasteiger partial charge >= 0.3 is 0 Å². The molecule has 0 bridgehead atoms. The first-order valence-corrected chi connectivity index (χ1v) is 7.06. The van der Waals surface area contributed by atoms with Gasteiger partial charge in [0, 0.05) is 24.4 Å². The SMILES string of the molecule is Fc1cc(F)c2c(c1)C1C=CCC1C(c1ccncc1)N2. The summed E-state index contributed by atoms with van der Waals surface area (Å²) < 4.78 is 27.7. The third kappa shape index (κ3) is 1.94. The Labute approximate surface area is 121 Å². The van der Waals surface area contributed by atoms with Crippen molar-refractivity contribution in [1.82, 2.24) is 4.98 Å². The van der Waals surface area contributed by atoms with Gasteiger partial charge in [0.15, 0.2) is 0 Å². The number of hydrogen-bond acceptors (Lipinski definition) is 2. The van der Waals surface area contributed by atoms with Gasteiger partial charge in [-0.2, -0.15) is 0 Å². The van der Waals surface area contributed by atoms with Gasteiger partial charge in [-0.05, 0) is 41.7 Å². The average molecular weight is 284 g/mol. The first-order chi connectivity index (χ1) is 10.2. The van der Waals surface area contributed by atoms with E-state index in [-0.39, 0.29) is 17.9 Å². The number of fused-ring (bicyclic) bond motifs is 3. The molecule has 3 atom stereocenters. The minimum atomic E-state index is -0.525. The molecule has 4 rings (SSSR count). The average Bonchev–Trinajstić information content (AvgIpc) is 2.97. The Balaban J connectivity index is 1.84. The van der Waals surface area contributed by atoms with Gasteiger partial charge in [0.2, 0.25) is 0 Å². The second kappa shape index (κ2) is 4.65. The van der Waals surface area contributed by atoms with E-state index >= 15 is 0 Å². The van der Waals surface area contributed by atoms with Crippen molar-refractivity contribution in [1.29, 1.82) is 0 Å². The molecule has 0 amide bonds. The Bertz CT molecular complexity index is 712. The number of hydrogen-bond donors (Lipinski definition) is 1. The third-order valence-electron chi connectivity index (χ3n) is 4.45. The van der Waals surface area contributed by atoms with E-state index in [1.165, 1.54) is 6.07 Å². The lowest BCUT2D eigenvalue weighted by atomic mass is 9.77. The smallest absolute Gasteiger partial charge is 0.149 e. The number of rotatable bonds is 1. The van der Waals surface area contributed by atoms with Gasteiger partial charge in [0.05, 0.1) is 11.7 Å². The van der Waals surface area contributed by atoms with Crippen molar-refractivity contribution >= 4 is 5.69 Å². The Morgan fingerprint density at radius 1 is 1.14 bits per heavy atom. The normalized spacial score (nSPS) is 26.1. The van der Waals surface area contributed by atoms with Crippen molar-refractivity contribution in [2.75, 3.05) is 5.32 Å². The predicted octanol–water partition coefficient (Wildman–Crippen LogP) is 4.19. The van der Waals surface area contributed by atoms with Gasteiger partial charge in [0.25, 0.3) is 0 Å². The third-order valence-corrected chi connectivity index (χ3v) is 4.45. The van der Waals surface area contributed by atoms with Crippen LogP contribution < -0.4 is 5.32 Å². The van der Waals surface area contributed by atoms with Crippen LogP contribution in [0.15, 0.2) is 48.8 Å². The molecule has 1 aromatic heterocycles. The highest BCUT2D eigenvalue weighted by Crippen LogP contribution is 2.50. The molecule has 0 saturated carbocycles. The molecule has 1 aliphatic heterocycles. The van der Waals surface area contributed by atoms with Crippen molar-refractivity contribution in [2.24, 2.45) is 5.92 Å². The first-order valence-electron chi connectivity index (χ1n) is 7.06. The fourth-order valence-corrected chi connectivity index (χ4v) is 3.52. The first kappa shape index (κ1) is 12.5. The number of allylic oxidation sites excluding steroid dienone is 2. The van der Waals surface area contributed by atoms with E-state index in [0.717, 1.165) is 23.6 Å². The molecular formula is C17H14F2N2. The van der Waals surface area contributed by atoms with Crippen LogP contribution in [0, 0.1) is 17.6 Å². The van der Waals surface area contributed by atoms with Crippen molar-refractivity contribution in [3.05, 3.63) is 71.6 Å². The number of pyridine rings is 1. The highest BCUT2D eigenvalue weighted by Gasteiger charge is 2.39. The fourth-order valence-electron chi connectivity index (χ4n) is 3.52. The van der Waals surface area contributed by atoms with Gasteiger partial charge in [-0.15, -0.1) is 0 Å². The molecule has 0 spiro atoms. The van der Waals surface area contributed by atoms with Crippen LogP contribution in [0.25, 0.3) is 0 Å². The molecule has 2 heterocycles. The predicted molar refractivity (Wildman–Crippen MR) is 76.9 cm³/mol. The minimum absolute atomic E-state index is 0.0143. The van der Waals surface area contributed by atoms with Gasteiger partial charge in [-0.3, -0.25) is 4.98 Å². The van der Waals surface area contributed by atoms with Crippen LogP contribution in [0.4, 0.5) is 14.5 Å². The van der Waals surface area contributed by atoms with Crippen LogP contribution >= 0.6 is 0 Å². The summed E-state index contributed by atoms with van der Waals surface area (Å²) in [6.07, 6.45) is 8.55. The van der Waals surface area contributed by atoms with Crippen LogP contribution in [0.5, 0.6) is 0 Å². The lowest BCUT2D eigenvalue weighted by molar-refractivity contribution is 0.418. The van der Waals surface area contributed by atoms with Crippen LogP contribution in [-0.4, -0.2) is 4.98 Å². The highest BCUT2D eigenvalue weighted by atomic mass is 19.1. The molecule has 0 saturated heterocycles. The summed E-state index contributed by atoms with van der Waals surface area (Å²) in [5.41, 5.74) is 2.22. The largest absolute Gasteiger partial charge is 0.375 e. The van der Waals surface area contributed by atoms with E-state index in [9.17, 15) is 8.78 Å². The van der Waals surface area contributed by atoms with Gasteiger partial charge in [0.1, 0.15) is 11.6 Å². The lowest BCUT2D eigenvalue weighted by Crippen LogP contribution is -2.29. The number of nitrogens with one attached hydrogen (secondary N) is 1. The zero-order chi connectivity index (χ0) is 14.4. The molecule has 1 aromatic carbocycles. The van der Waals surface area contributed by atoms with Crippen LogP contribution in [0.2, 0.25) is 0 Å². The molecule has 2 aromatic rings. The standard InChI is InChI=1S/C17H14F2N2/c18-11-8-14-12-2-1-3-13(12)16(10-4-6-20-7-5-10)21-17(14)15(19)9-11/h1-2,4-9,12-13,16,21H,3H2. The maximum Gasteiger partial charge on any atom is 0.149 e. The van der Waals surface area contributed by atoms with E-state index in [4.69, 9.17) is 0 Å². The highest BCUT2D eigenvalue weighted by molar-refractivity contribution is 5.60. The Morgan fingerprint density at radius 2 is 1.95 bits per heavy atom. The summed E-state index contributed by atoms with van der Waals surface area (Å²) >= 11 is 0. The van der Waals surface area contributed by atoms with Crippen molar-refractivity contribution in [2.45, 2.75) is 18.4 Å². The molecule has 0 fully saturated rings. The number of benzene rings is 1. The van der Waals surface area contributed by atoms with Gasteiger partial charge < -0.3 is 5.32 Å². The molecular weight excluding hydrogens is 270 g/mol. The molecule has 2 aliphatic rings. The van der Waals surface area contributed by atoms with E-state index < -0.39 is 11.6 Å². The molecule has 106 valence electrons. The molecule has 0 radical (unpaired) electrons. The Hall–Kier alpha value is -2.23. The maximum absolute atomic E-state index is 14.1. The number of aromatic nitrogens is 1. The quantitative estimate of drug-likeness (QED) is 0.794.